The third-order valence-electron chi connectivity index (χ3n) is 19.5. The van der Waals surface area contributed by atoms with Crippen molar-refractivity contribution in [1.82, 2.24) is 0 Å². The molecular formula is C71H108O33. The quantitative estimate of drug-likeness (QED) is 0.0861. The Labute approximate surface area is 607 Å². The van der Waals surface area contributed by atoms with Gasteiger partial charge in [0.1, 0.15) is 165 Å². The van der Waals surface area contributed by atoms with Crippen LogP contribution in [0.4, 0.5) is 0 Å². The third kappa shape index (κ3) is 19.7. The van der Waals surface area contributed by atoms with E-state index < -0.39 is 190 Å². The lowest BCUT2D eigenvalue weighted by Gasteiger charge is -2.53. The van der Waals surface area contributed by atoms with Crippen molar-refractivity contribution >= 4 is 5.97 Å². The first-order valence-corrected chi connectivity index (χ1v) is 34.5. The van der Waals surface area contributed by atoms with Crippen LogP contribution in [-0.2, 0) is 142 Å². The number of benzene rings is 2. The van der Waals surface area contributed by atoms with Gasteiger partial charge in [0.2, 0.25) is 0 Å². The number of carboxylic acids is 1. The molecule has 0 aromatic heterocycles. The fourth-order valence-corrected chi connectivity index (χ4v) is 14.6. The average Bonchev–Trinajstić information content (AvgIpc) is 0.765. The molecule has 30 atom stereocenters. The lowest BCUT2D eigenvalue weighted by Crippen LogP contribution is -2.70. The minimum atomic E-state index is -1.30. The number of hydrogen-bond donors (Lipinski definition) is 1. The molecule has 33 heteroatoms. The maximum Gasteiger partial charge on any atom is 0.303 e. The summed E-state index contributed by atoms with van der Waals surface area (Å²) in [4.78, 5) is 10.9. The van der Waals surface area contributed by atoms with Crippen LogP contribution in [0, 0.1) is 11.8 Å². The lowest BCUT2D eigenvalue weighted by molar-refractivity contribution is -0.409. The zero-order valence-corrected chi connectivity index (χ0v) is 62.3. The molecule has 22 heterocycles. The van der Waals surface area contributed by atoms with Gasteiger partial charge in [-0.2, -0.15) is 0 Å². The fraction of sp³-hybridized carbons (Fsp3) is 0.789. The number of hydrogen-bond acceptors (Lipinski definition) is 32. The second-order valence-electron chi connectivity index (χ2n) is 25.5. The van der Waals surface area contributed by atoms with E-state index in [9.17, 15) is 4.79 Å². The van der Waals surface area contributed by atoms with E-state index in [4.69, 9.17) is 152 Å². The van der Waals surface area contributed by atoms with Crippen LogP contribution in [0.25, 0.3) is 0 Å². The van der Waals surface area contributed by atoms with E-state index in [0.717, 1.165) is 5.56 Å². The molecule has 0 spiro atoms. The van der Waals surface area contributed by atoms with Crippen molar-refractivity contribution in [2.24, 2.45) is 0 Å². The lowest BCUT2D eigenvalue weighted by atomic mass is 9.94. The highest BCUT2D eigenvalue weighted by molar-refractivity contribution is 5.66. The van der Waals surface area contributed by atoms with Crippen LogP contribution < -0.4 is 9.47 Å². The molecule has 24 rings (SSSR count). The number of rotatable bonds is 30. The predicted molar refractivity (Wildman–Crippen MR) is 357 cm³/mol. The molecule has 22 fully saturated rings. The Morgan fingerprint density at radius 1 is 0.298 bits per heavy atom. The first kappa shape index (κ1) is 83.9. The Bertz CT molecular complexity index is 2850. The molecule has 0 aliphatic carbocycles. The van der Waals surface area contributed by atoms with Crippen molar-refractivity contribution in [2.75, 3.05) is 167 Å². The van der Waals surface area contributed by atoms with Gasteiger partial charge in [0, 0.05) is 138 Å². The van der Waals surface area contributed by atoms with Crippen molar-refractivity contribution in [1.29, 1.82) is 0 Å². The molecule has 0 saturated carbocycles. The van der Waals surface area contributed by atoms with E-state index in [1.807, 2.05) is 24.3 Å². The molecule has 1 N–H and O–H groups in total. The summed E-state index contributed by atoms with van der Waals surface area (Å²) < 4.78 is 202. The zero-order chi connectivity index (χ0) is 74.6. The molecule has 2 aromatic carbocycles. The van der Waals surface area contributed by atoms with Gasteiger partial charge in [0.15, 0.2) is 37.7 Å². The van der Waals surface area contributed by atoms with Gasteiger partial charge in [0.25, 0.3) is 0 Å². The third-order valence-corrected chi connectivity index (χ3v) is 19.5. The summed E-state index contributed by atoms with van der Waals surface area (Å²) in [5.74, 6) is 6.55. The number of methoxy groups -OCH3 is 17. The maximum atomic E-state index is 10.9. The van der Waals surface area contributed by atoms with Crippen LogP contribution in [0.5, 0.6) is 11.5 Å². The van der Waals surface area contributed by atoms with E-state index in [0.29, 0.717) is 23.5 Å². The summed E-state index contributed by atoms with van der Waals surface area (Å²) in [7, 11) is 25.7. The Balaban J connectivity index is 1.11. The maximum absolute atomic E-state index is 10.9. The van der Waals surface area contributed by atoms with Crippen molar-refractivity contribution in [3.63, 3.8) is 0 Å². The second kappa shape index (κ2) is 41.6. The van der Waals surface area contributed by atoms with E-state index in [-0.39, 0.29) is 52.7 Å². The van der Waals surface area contributed by atoms with Gasteiger partial charge < -0.3 is 152 Å². The Kier molecular flexibility index (Phi) is 33.6. The van der Waals surface area contributed by atoms with Gasteiger partial charge in [0.05, 0.1) is 39.6 Å². The van der Waals surface area contributed by atoms with Gasteiger partial charge >= 0.3 is 5.97 Å². The molecule has 22 saturated heterocycles. The summed E-state index contributed by atoms with van der Waals surface area (Å²) in [5, 5.41) is 8.98. The molecule has 0 unspecified atom stereocenters. The number of ether oxygens (including phenoxy) is 31. The summed E-state index contributed by atoms with van der Waals surface area (Å²) >= 11 is 0. The van der Waals surface area contributed by atoms with Gasteiger partial charge in [-0.3, -0.25) is 4.79 Å². The van der Waals surface area contributed by atoms with Gasteiger partial charge in [-0.1, -0.05) is 11.8 Å². The summed E-state index contributed by atoms with van der Waals surface area (Å²) in [6.07, 6.45) is -31.1. The van der Waals surface area contributed by atoms with Crippen LogP contribution in [-0.4, -0.2) is 362 Å². The largest absolute Gasteiger partial charge is 0.494 e. The molecule has 590 valence electrons. The topological polar surface area (TPSA) is 323 Å². The molecule has 0 amide bonds. The van der Waals surface area contributed by atoms with Crippen LogP contribution in [0.15, 0.2) is 48.5 Å². The highest BCUT2D eigenvalue weighted by Gasteiger charge is 2.61. The Morgan fingerprint density at radius 3 is 0.712 bits per heavy atom. The van der Waals surface area contributed by atoms with Crippen LogP contribution >= 0.6 is 0 Å². The van der Waals surface area contributed by atoms with E-state index in [1.165, 1.54) is 121 Å². The average molecular weight is 1490 g/mol. The molecule has 0 radical (unpaired) electrons. The molecule has 12 bridgehead atoms. The first-order chi connectivity index (χ1) is 50.6. The summed E-state index contributed by atoms with van der Waals surface area (Å²) in [6.45, 7) is -0.127. The van der Waals surface area contributed by atoms with Crippen LogP contribution in [0.1, 0.15) is 24.0 Å². The highest BCUT2D eigenvalue weighted by atomic mass is 16.8. The van der Waals surface area contributed by atoms with Crippen molar-refractivity contribution in [3.8, 4) is 23.3 Å². The smallest absolute Gasteiger partial charge is 0.303 e. The molecule has 22 aliphatic heterocycles. The molecule has 33 nitrogen and oxygen atoms in total. The summed E-state index contributed by atoms with van der Waals surface area (Å²) in [6, 6.07) is 14.4. The van der Waals surface area contributed by atoms with Crippen molar-refractivity contribution in [2.45, 2.75) is 197 Å². The van der Waals surface area contributed by atoms with E-state index >= 15 is 0 Å². The van der Waals surface area contributed by atoms with Crippen molar-refractivity contribution < 1.29 is 157 Å². The predicted octanol–water partition coefficient (Wildman–Crippen LogP) is 1.79. The van der Waals surface area contributed by atoms with E-state index in [1.54, 1.807) is 24.3 Å². The molecule has 2 aromatic rings. The minimum Gasteiger partial charge on any atom is -0.494 e. The van der Waals surface area contributed by atoms with E-state index in [2.05, 4.69) is 11.8 Å². The van der Waals surface area contributed by atoms with Crippen LogP contribution in [0.2, 0.25) is 0 Å². The fourth-order valence-electron chi connectivity index (χ4n) is 14.6. The highest BCUT2D eigenvalue weighted by Crippen LogP contribution is 2.42. The zero-order valence-electron chi connectivity index (χ0n) is 62.3. The normalized spacial score (nSPS) is 39.2. The van der Waals surface area contributed by atoms with Gasteiger partial charge in [-0.25, -0.2) is 0 Å². The number of carbonyl (C=O) groups is 1. The van der Waals surface area contributed by atoms with Gasteiger partial charge in [-0.15, -0.1) is 0 Å². The van der Waals surface area contributed by atoms with Crippen LogP contribution in [0.3, 0.4) is 0 Å². The minimum absolute atomic E-state index is 0.0194. The van der Waals surface area contributed by atoms with Crippen molar-refractivity contribution in [3.05, 3.63) is 59.7 Å². The molecule has 22 aliphatic rings. The summed E-state index contributed by atoms with van der Waals surface area (Å²) in [5.41, 5.74) is 1.43. The second-order valence-corrected chi connectivity index (χ2v) is 25.5. The standard InChI is InChI=1S/C71H108O33/c1-74-31-41-48-54(79-6)60(85-12)66(93-41)100-49-42(32-75-2)95-68(62(87-14)55(49)80-7)102-51-44(34-77-4)97-70(64(89-16)57(51)82-9)104-53-46(36-92-40-28-24-38(25-29-40)21-20-37-22-26-39(27-23-37)91-30-18-19-47(72)73)98-71(65(90-17)59(53)84-11)103-52-45(35-78-5)96-69(63(88-15)58(52)83-10)101-50-43(33-76-3)94-67(99-48)61(86-13)56(50)81-8/h22-29,41-46,48-71H,18-19,30-36H2,1-17H3,(H,72,73)/t41-,42-,43-,44-,45-,46-,48+,49+,50+,51+,52+,53+,54-,55-,56-,57-,58-,59-,60-,61-,62-,63-,64-,65-,66-,67-,68-,69-,70-,71-/m1/s1. The Morgan fingerprint density at radius 2 is 0.510 bits per heavy atom. The SMILES string of the molecule is COC[C@H]1O[C@@H]2O[C@@H]3[C@@H](OC)[C@@H](OC)[C@@H](O[C@@H]4[C@@H](OC)[C@@H](OC)[C@@H](O[C@@H]5[C@@H](OC)[C@@H](OC)[C@@H](O[C@@H]6[C@@H](OC)[C@@H](OC)[C@@H](O[C@@H]7[C@@H](OC)[C@@H](OC)[C@@H](O[C@@H]1[C@@H](OC)[C@H]2OC)O[C@@H]7COC)O[C@@H]6COC)O[C@@H]5COc1ccc(C#Cc2ccc(OCCCC(=O)O)cc2)cc1)O[C@@H]4COC)O[C@@H]3COC. The number of carboxylic acid groups (broad SMARTS) is 1. The van der Waals surface area contributed by atoms with Gasteiger partial charge in [-0.05, 0) is 55.0 Å². The monoisotopic (exact) mass is 1490 g/mol. The first-order valence-electron chi connectivity index (χ1n) is 34.5. The molecular weight excluding hydrogens is 1380 g/mol. The number of aliphatic carboxylic acids is 1. The Hall–Kier alpha value is -4.09. The molecule has 104 heavy (non-hydrogen) atoms.